The van der Waals surface area contributed by atoms with E-state index < -0.39 is 0 Å². The molecule has 0 unspecified atom stereocenters. The summed E-state index contributed by atoms with van der Waals surface area (Å²) in [4.78, 5) is 0. The fourth-order valence-electron chi connectivity index (χ4n) is 1.91. The minimum atomic E-state index is 0.305. The van der Waals surface area contributed by atoms with Gasteiger partial charge in [-0.25, -0.2) is 0 Å². The Morgan fingerprint density at radius 3 is 2.68 bits per heavy atom. The third-order valence-electron chi connectivity index (χ3n) is 2.93. The van der Waals surface area contributed by atoms with Crippen molar-refractivity contribution in [2.24, 2.45) is 0 Å². The van der Waals surface area contributed by atoms with Crippen LogP contribution in [0.1, 0.15) is 11.1 Å². The Hall–Kier alpha value is -1.78. The molecule has 19 heavy (non-hydrogen) atoms. The van der Waals surface area contributed by atoms with Crippen molar-refractivity contribution in [2.45, 2.75) is 13.1 Å². The standard InChI is InChI=1S/C15H20N2O2/c1-19-9-7-16-10-14-6-8-17(12-14)11-13-2-4-15(18)5-3-13/h2-6,8,12,16,18H,7,9-11H2,1H3. The summed E-state index contributed by atoms with van der Waals surface area (Å²) in [5.41, 5.74) is 2.43. The molecule has 0 atom stereocenters. The van der Waals surface area contributed by atoms with Gasteiger partial charge in [0.05, 0.1) is 6.61 Å². The Morgan fingerprint density at radius 1 is 1.16 bits per heavy atom. The molecule has 2 N–H and O–H groups in total. The van der Waals surface area contributed by atoms with E-state index in [2.05, 4.69) is 28.3 Å². The first-order valence-corrected chi connectivity index (χ1v) is 6.40. The Morgan fingerprint density at radius 2 is 1.95 bits per heavy atom. The van der Waals surface area contributed by atoms with Gasteiger partial charge in [0.15, 0.2) is 0 Å². The highest BCUT2D eigenvalue weighted by atomic mass is 16.5. The van der Waals surface area contributed by atoms with E-state index in [1.807, 2.05) is 12.1 Å². The molecule has 2 aromatic rings. The first-order chi connectivity index (χ1) is 9.28. The normalized spacial score (nSPS) is 10.8. The largest absolute Gasteiger partial charge is 0.508 e. The Labute approximate surface area is 113 Å². The van der Waals surface area contributed by atoms with Gasteiger partial charge in [-0.3, -0.25) is 0 Å². The SMILES string of the molecule is COCCNCc1ccn(Cc2ccc(O)cc2)c1. The Balaban J connectivity index is 1.85. The van der Waals surface area contributed by atoms with Gasteiger partial charge in [0.2, 0.25) is 0 Å². The molecular formula is C15H20N2O2. The smallest absolute Gasteiger partial charge is 0.115 e. The van der Waals surface area contributed by atoms with Crippen LogP contribution in [0.5, 0.6) is 5.75 Å². The van der Waals surface area contributed by atoms with Crippen molar-refractivity contribution >= 4 is 0 Å². The molecule has 4 heteroatoms. The maximum Gasteiger partial charge on any atom is 0.115 e. The van der Waals surface area contributed by atoms with Crippen molar-refractivity contribution in [1.29, 1.82) is 0 Å². The number of aromatic hydroxyl groups is 1. The summed E-state index contributed by atoms with van der Waals surface area (Å²) in [5, 5.41) is 12.6. The molecule has 0 saturated heterocycles. The summed E-state index contributed by atoms with van der Waals surface area (Å²) in [6, 6.07) is 9.41. The number of hydrogen-bond acceptors (Lipinski definition) is 3. The molecule has 0 amide bonds. The number of phenolic OH excluding ortho intramolecular Hbond substituents is 1. The zero-order chi connectivity index (χ0) is 13.5. The first kappa shape index (κ1) is 13.6. The van der Waals surface area contributed by atoms with Crippen molar-refractivity contribution < 1.29 is 9.84 Å². The lowest BCUT2D eigenvalue weighted by Gasteiger charge is -2.04. The number of benzene rings is 1. The van der Waals surface area contributed by atoms with Gasteiger partial charge < -0.3 is 19.7 Å². The van der Waals surface area contributed by atoms with Crippen LogP contribution in [0.2, 0.25) is 0 Å². The summed E-state index contributed by atoms with van der Waals surface area (Å²) in [6.45, 7) is 3.26. The van der Waals surface area contributed by atoms with Crippen molar-refractivity contribution in [3.8, 4) is 5.75 Å². The quantitative estimate of drug-likeness (QED) is 0.748. The molecule has 1 aromatic heterocycles. The molecule has 0 saturated carbocycles. The molecule has 0 aliphatic carbocycles. The monoisotopic (exact) mass is 260 g/mol. The second-order valence-corrected chi connectivity index (χ2v) is 4.53. The third-order valence-corrected chi connectivity index (χ3v) is 2.93. The number of aromatic nitrogens is 1. The highest BCUT2D eigenvalue weighted by molar-refractivity contribution is 5.26. The van der Waals surface area contributed by atoms with Gasteiger partial charge in [0, 0.05) is 39.1 Å². The number of ether oxygens (including phenoxy) is 1. The molecule has 102 valence electrons. The van der Waals surface area contributed by atoms with Gasteiger partial charge in [0.25, 0.3) is 0 Å². The van der Waals surface area contributed by atoms with E-state index in [9.17, 15) is 5.11 Å². The maximum atomic E-state index is 9.24. The molecule has 0 radical (unpaired) electrons. The predicted molar refractivity (Wildman–Crippen MR) is 75.2 cm³/mol. The van der Waals surface area contributed by atoms with Crippen LogP contribution in [-0.4, -0.2) is 29.9 Å². The van der Waals surface area contributed by atoms with Gasteiger partial charge in [-0.1, -0.05) is 12.1 Å². The van der Waals surface area contributed by atoms with E-state index in [0.29, 0.717) is 5.75 Å². The average molecular weight is 260 g/mol. The van der Waals surface area contributed by atoms with Crippen LogP contribution in [0.25, 0.3) is 0 Å². The van der Waals surface area contributed by atoms with Crippen LogP contribution in [0.4, 0.5) is 0 Å². The second kappa shape index (κ2) is 6.97. The molecule has 0 bridgehead atoms. The molecular weight excluding hydrogens is 240 g/mol. The van der Waals surface area contributed by atoms with E-state index in [0.717, 1.165) is 26.2 Å². The van der Waals surface area contributed by atoms with Crippen molar-refractivity contribution in [2.75, 3.05) is 20.3 Å². The summed E-state index contributed by atoms with van der Waals surface area (Å²) in [6.07, 6.45) is 4.20. The summed E-state index contributed by atoms with van der Waals surface area (Å²) >= 11 is 0. The molecule has 0 aliphatic rings. The Kier molecular flexibility index (Phi) is 5.01. The second-order valence-electron chi connectivity index (χ2n) is 4.53. The molecule has 1 heterocycles. The van der Waals surface area contributed by atoms with Crippen LogP contribution < -0.4 is 5.32 Å². The van der Waals surface area contributed by atoms with E-state index in [1.54, 1.807) is 19.2 Å². The van der Waals surface area contributed by atoms with Gasteiger partial charge >= 0.3 is 0 Å². The average Bonchev–Trinajstić information content (AvgIpc) is 2.85. The molecule has 0 aliphatic heterocycles. The lowest BCUT2D eigenvalue weighted by Crippen LogP contribution is -2.18. The fourth-order valence-corrected chi connectivity index (χ4v) is 1.91. The summed E-state index contributed by atoms with van der Waals surface area (Å²) in [5.74, 6) is 0.305. The third kappa shape index (κ3) is 4.43. The number of rotatable bonds is 7. The minimum absolute atomic E-state index is 0.305. The van der Waals surface area contributed by atoms with Gasteiger partial charge in [-0.15, -0.1) is 0 Å². The lowest BCUT2D eigenvalue weighted by atomic mass is 10.2. The fraction of sp³-hybridized carbons (Fsp3) is 0.333. The molecule has 0 spiro atoms. The zero-order valence-corrected chi connectivity index (χ0v) is 11.2. The van der Waals surface area contributed by atoms with Crippen molar-refractivity contribution in [3.05, 3.63) is 53.9 Å². The number of methoxy groups -OCH3 is 1. The van der Waals surface area contributed by atoms with Crippen molar-refractivity contribution in [3.63, 3.8) is 0 Å². The molecule has 4 nitrogen and oxygen atoms in total. The summed E-state index contributed by atoms with van der Waals surface area (Å²) < 4.78 is 7.12. The number of phenols is 1. The number of hydrogen-bond donors (Lipinski definition) is 2. The maximum absolute atomic E-state index is 9.24. The van der Waals surface area contributed by atoms with Crippen LogP contribution >= 0.6 is 0 Å². The Bertz CT molecular complexity index is 491. The van der Waals surface area contributed by atoms with Gasteiger partial charge in [-0.05, 0) is 29.3 Å². The van der Waals surface area contributed by atoms with Gasteiger partial charge in [-0.2, -0.15) is 0 Å². The minimum Gasteiger partial charge on any atom is -0.508 e. The van der Waals surface area contributed by atoms with E-state index in [4.69, 9.17) is 4.74 Å². The van der Waals surface area contributed by atoms with E-state index in [-0.39, 0.29) is 0 Å². The highest BCUT2D eigenvalue weighted by Crippen LogP contribution is 2.11. The predicted octanol–water partition coefficient (Wildman–Crippen LogP) is 1.98. The first-order valence-electron chi connectivity index (χ1n) is 6.40. The topological polar surface area (TPSA) is 46.4 Å². The van der Waals surface area contributed by atoms with Crippen LogP contribution in [0, 0.1) is 0 Å². The van der Waals surface area contributed by atoms with E-state index >= 15 is 0 Å². The van der Waals surface area contributed by atoms with Crippen molar-refractivity contribution in [1.82, 2.24) is 9.88 Å². The molecule has 0 fully saturated rings. The zero-order valence-electron chi connectivity index (χ0n) is 11.2. The van der Waals surface area contributed by atoms with Crippen LogP contribution in [-0.2, 0) is 17.8 Å². The number of nitrogens with one attached hydrogen (secondary N) is 1. The molecule has 1 aromatic carbocycles. The van der Waals surface area contributed by atoms with Gasteiger partial charge in [0.1, 0.15) is 5.75 Å². The number of nitrogens with zero attached hydrogens (tertiary/aromatic N) is 1. The highest BCUT2D eigenvalue weighted by Gasteiger charge is 1.98. The lowest BCUT2D eigenvalue weighted by molar-refractivity contribution is 0.199. The van der Waals surface area contributed by atoms with E-state index in [1.165, 1.54) is 11.1 Å². The summed E-state index contributed by atoms with van der Waals surface area (Å²) in [7, 11) is 1.70. The molecule has 2 rings (SSSR count). The van der Waals surface area contributed by atoms with Crippen LogP contribution in [0.15, 0.2) is 42.7 Å². The van der Waals surface area contributed by atoms with Crippen LogP contribution in [0.3, 0.4) is 0 Å².